The Morgan fingerprint density at radius 2 is 1.15 bits per heavy atom. The van der Waals surface area contributed by atoms with Crippen LogP contribution in [0.4, 0.5) is 57.4 Å². The van der Waals surface area contributed by atoms with Crippen molar-refractivity contribution in [3.8, 4) is 0 Å². The van der Waals surface area contributed by atoms with Crippen LogP contribution < -0.4 is 0 Å². The molecule has 0 saturated carbocycles. The van der Waals surface area contributed by atoms with E-state index >= 15 is 0 Å². The predicted octanol–water partition coefficient (Wildman–Crippen LogP) is 9.69. The number of rotatable bonds is 20. The highest BCUT2D eigenvalue weighted by atomic mass is 32.2. The molecular formula is C35H69BF13O9S-. The minimum atomic E-state index is -7.00. The van der Waals surface area contributed by atoms with Crippen molar-refractivity contribution in [1.29, 1.82) is 0 Å². The largest absolute Gasteiger partial charge is 0.469 e. The first-order chi connectivity index (χ1) is 23.9. The average Bonchev–Trinajstić information content (AvgIpc) is 3.07. The second kappa shape index (κ2) is 33.0. The zero-order valence-electron chi connectivity index (χ0n) is 30.0. The number of methoxy groups -OCH3 is 1. The molecule has 0 radical (unpaired) electrons. The molecule has 0 fully saturated rings. The van der Waals surface area contributed by atoms with Crippen LogP contribution in [0.1, 0.15) is 105 Å². The number of halogens is 13. The van der Waals surface area contributed by atoms with Gasteiger partial charge in [0.05, 0.1) is 36.2 Å². The monoisotopic (exact) mass is 923 g/mol. The average molecular weight is 924 g/mol. The summed E-state index contributed by atoms with van der Waals surface area (Å²) >= 11 is 1.25. The van der Waals surface area contributed by atoms with Gasteiger partial charge in [0.15, 0.2) is 0 Å². The second-order valence-corrected chi connectivity index (χ2v) is 13.5. The van der Waals surface area contributed by atoms with Gasteiger partial charge in [-0.25, -0.2) is 8.78 Å². The zero-order valence-corrected chi connectivity index (χ0v) is 30.8. The molecule has 0 aromatic carbocycles. The van der Waals surface area contributed by atoms with Gasteiger partial charge in [-0.2, -0.15) is 39.5 Å². The Bertz CT molecular complexity index is 1130. The van der Waals surface area contributed by atoms with Gasteiger partial charge in [-0.3, -0.25) is 19.2 Å². The molecule has 0 spiro atoms. The minimum absolute atomic E-state index is 0. The molecule has 0 aliphatic heterocycles. The quantitative estimate of drug-likeness (QED) is 0.0546. The molecule has 0 aliphatic rings. The van der Waals surface area contributed by atoms with Gasteiger partial charge in [0.1, 0.15) is 25.2 Å². The Kier molecular flexibility index (Phi) is 43.1. The van der Waals surface area contributed by atoms with Crippen LogP contribution in [0.2, 0.25) is 0 Å². The second-order valence-electron chi connectivity index (χ2n) is 12.5. The number of alkyl halides is 11. The van der Waals surface area contributed by atoms with Crippen LogP contribution in [-0.2, 0) is 38.1 Å². The number of esters is 4. The van der Waals surface area contributed by atoms with Crippen molar-refractivity contribution < 1.29 is 101 Å². The lowest BCUT2D eigenvalue weighted by atomic mass is 9.89. The summed E-state index contributed by atoms with van der Waals surface area (Å²) in [6.07, 6.45) is -13.8. The molecular weight excluding hydrogens is 854 g/mol. The van der Waals surface area contributed by atoms with Gasteiger partial charge in [-0.05, 0) is 47.0 Å². The molecule has 0 aromatic heterocycles. The molecule has 24 heteroatoms. The molecule has 59 heavy (non-hydrogen) atoms. The summed E-state index contributed by atoms with van der Waals surface area (Å²) < 4.78 is 176. The maximum Gasteiger partial charge on any atom is 0.397 e. The van der Waals surface area contributed by atoms with Crippen molar-refractivity contribution in [2.75, 3.05) is 38.4 Å². The lowest BCUT2D eigenvalue weighted by Crippen LogP contribution is -2.62. The van der Waals surface area contributed by atoms with E-state index < -0.39 is 90.1 Å². The van der Waals surface area contributed by atoms with Gasteiger partial charge in [0, 0.05) is 14.9 Å². The number of aliphatic hydroxyl groups excluding tert-OH is 1. The number of carbonyl (C=O) groups is 4. The number of thioether (sulfide) groups is 1. The number of hydrogen-bond acceptors (Lipinski definition) is 10. The van der Waals surface area contributed by atoms with E-state index in [1.165, 1.54) is 32.7 Å². The molecule has 0 saturated heterocycles. The first-order valence-electron chi connectivity index (χ1n) is 15.4. The van der Waals surface area contributed by atoms with Crippen LogP contribution in [0.5, 0.6) is 0 Å². The Morgan fingerprint density at radius 3 is 1.53 bits per heavy atom. The van der Waals surface area contributed by atoms with E-state index in [0.29, 0.717) is 12.2 Å². The van der Waals surface area contributed by atoms with E-state index in [1.54, 1.807) is 27.7 Å². The number of ether oxygens (including phenoxy) is 4. The Labute approximate surface area is 347 Å². The van der Waals surface area contributed by atoms with Gasteiger partial charge < -0.3 is 24.1 Å². The fraction of sp³-hybridized carbons (Fsp3) is 0.886. The Hall–Kier alpha value is -2.66. The van der Waals surface area contributed by atoms with Crippen LogP contribution in [-0.4, -0.2) is 112 Å². The lowest BCUT2D eigenvalue weighted by molar-refractivity contribution is -0.375. The third-order valence-electron chi connectivity index (χ3n) is 7.31. The zero-order chi connectivity index (χ0) is 42.8. The van der Waals surface area contributed by atoms with Crippen molar-refractivity contribution in [2.24, 2.45) is 22.7 Å². The summed E-state index contributed by atoms with van der Waals surface area (Å²) in [5, 5.41) is 9.72. The molecule has 1 N–H and O–H groups in total. The van der Waals surface area contributed by atoms with Gasteiger partial charge >= 0.3 is 54.2 Å². The van der Waals surface area contributed by atoms with E-state index in [2.05, 4.69) is 9.47 Å². The van der Waals surface area contributed by atoms with Gasteiger partial charge in [0.2, 0.25) is 0 Å². The highest BCUT2D eigenvalue weighted by Crippen LogP contribution is 2.55. The van der Waals surface area contributed by atoms with Gasteiger partial charge in [-0.15, -0.1) is 11.8 Å². The molecule has 0 heterocycles. The molecule has 3 unspecified atom stereocenters. The normalized spacial score (nSPS) is 12.9. The summed E-state index contributed by atoms with van der Waals surface area (Å²) in [4.78, 5) is 46.2. The number of carbonyl (C=O) groups excluding carboxylic acids is 4. The molecule has 0 amide bonds. The molecule has 0 bridgehead atoms. The van der Waals surface area contributed by atoms with E-state index in [-0.39, 0.29) is 76.9 Å². The topological polar surface area (TPSA) is 125 Å². The number of hydrogen-bond donors (Lipinski definition) is 1. The third kappa shape index (κ3) is 25.0. The fourth-order valence-electron chi connectivity index (χ4n) is 3.23. The van der Waals surface area contributed by atoms with E-state index in [9.17, 15) is 72.6 Å². The summed E-state index contributed by atoms with van der Waals surface area (Å²) in [7, 11) is 1.32. The molecule has 0 aromatic rings. The van der Waals surface area contributed by atoms with Crippen LogP contribution in [0.3, 0.4) is 0 Å². The van der Waals surface area contributed by atoms with Crippen LogP contribution >= 0.6 is 11.8 Å². The van der Waals surface area contributed by atoms with Crippen molar-refractivity contribution in [2.45, 2.75) is 141 Å². The predicted molar refractivity (Wildman–Crippen MR) is 208 cm³/mol. The SMILES string of the molecule is C.C.C.C.C.CCC(C)(C)C(=O)OCC(O)COC(=O)CSCC(C)(C)C(=O)OC.CCC(C)C(=O)OCCC(C(F)(F)F)C(F)(F)C(F)(F)C(F)(F)C(F)F.FF.[BH4-]. The number of aliphatic hydroxyl groups is 1. The summed E-state index contributed by atoms with van der Waals surface area (Å²) in [6.45, 7) is 9.68. The van der Waals surface area contributed by atoms with Crippen LogP contribution in [0.15, 0.2) is 0 Å². The summed E-state index contributed by atoms with van der Waals surface area (Å²) in [6, 6.07) is 0. The maximum atomic E-state index is 13.5. The smallest absolute Gasteiger partial charge is 0.397 e. The fourth-order valence-corrected chi connectivity index (χ4v) is 4.21. The molecule has 0 aliphatic carbocycles. The third-order valence-corrected chi connectivity index (χ3v) is 8.68. The highest BCUT2D eigenvalue weighted by Gasteiger charge is 2.80. The maximum absolute atomic E-state index is 13.5. The van der Waals surface area contributed by atoms with Crippen molar-refractivity contribution in [1.82, 2.24) is 0 Å². The minimum Gasteiger partial charge on any atom is -0.469 e. The van der Waals surface area contributed by atoms with Crippen LogP contribution in [0, 0.1) is 22.7 Å². The van der Waals surface area contributed by atoms with Crippen molar-refractivity contribution >= 4 is 44.1 Å². The highest BCUT2D eigenvalue weighted by molar-refractivity contribution is 8.00. The van der Waals surface area contributed by atoms with Crippen molar-refractivity contribution in [3.63, 3.8) is 0 Å². The Morgan fingerprint density at radius 1 is 0.712 bits per heavy atom. The molecule has 9 nitrogen and oxygen atoms in total. The molecule has 3 atom stereocenters. The Balaban J connectivity index is -0.000000106. The van der Waals surface area contributed by atoms with Gasteiger partial charge in [0.25, 0.3) is 0 Å². The first-order valence-corrected chi connectivity index (χ1v) is 16.5. The van der Waals surface area contributed by atoms with E-state index in [0.717, 1.165) is 0 Å². The van der Waals surface area contributed by atoms with Crippen molar-refractivity contribution in [3.05, 3.63) is 0 Å². The summed E-state index contributed by atoms with van der Waals surface area (Å²) in [5.74, 6) is -27.5. The first kappa shape index (κ1) is 77.0. The van der Waals surface area contributed by atoms with Crippen LogP contribution in [0.25, 0.3) is 0 Å². The van der Waals surface area contributed by atoms with Gasteiger partial charge in [-0.1, -0.05) is 66.3 Å². The summed E-state index contributed by atoms with van der Waals surface area (Å²) in [5.41, 5.74) is -1.31. The molecule has 364 valence electrons. The van der Waals surface area contributed by atoms with E-state index in [4.69, 9.17) is 18.6 Å². The lowest BCUT2D eigenvalue weighted by Gasteiger charge is -2.37. The van der Waals surface area contributed by atoms with E-state index in [1.807, 2.05) is 6.92 Å². The molecule has 0 rings (SSSR count). The standard InChI is InChI=1S/C17H30O7S.C13H15F11O2.5CH4.BH4.F2/c1-7-16(2,3)15(21)24-9-12(18)8-23-13(19)10-25-11-17(4,5)14(20)22-6;1-3-6(2)8(25)26-5-4-7(12(20,21)22)10(16,17)13(23,24)11(18,19)9(14)15;;;;;;;1-2/h12,18H,7-11H2,1-6H3;6-7,9H,3-5H2,1-2H3;6*1H4;/q;;;;;;;-1;.